The maximum Gasteiger partial charge on any atom is 0.0202 e. The maximum absolute atomic E-state index is 3.63. The van der Waals surface area contributed by atoms with Crippen molar-refractivity contribution in [2.75, 3.05) is 25.8 Å². The highest BCUT2D eigenvalue weighted by atomic mass is 127. The Hall–Kier alpha value is 1.08. The molecular weight excluding hydrogens is 282 g/mol. The quantitative estimate of drug-likeness (QED) is 0.445. The fraction of sp³-hybridized carbons (Fsp3) is 1.00. The van der Waals surface area contributed by atoms with Crippen LogP contribution in [-0.2, 0) is 0 Å². The van der Waals surface area contributed by atoms with Crippen molar-refractivity contribution in [1.29, 1.82) is 0 Å². The Morgan fingerprint density at radius 1 is 1.58 bits per heavy atom. The summed E-state index contributed by atoms with van der Waals surface area (Å²) in [5, 5.41) is 3.63. The zero-order chi connectivity index (χ0) is 8.60. The van der Waals surface area contributed by atoms with Crippen molar-refractivity contribution >= 4 is 32.1 Å². The third kappa shape index (κ3) is 1.79. The summed E-state index contributed by atoms with van der Waals surface area (Å²) in [5.74, 6) is 0. The molecule has 2 heterocycles. The molecular formula is C8H16IN2P. The summed E-state index contributed by atoms with van der Waals surface area (Å²) in [4.78, 5) is 0. The normalized spacial score (nSPS) is 35.0. The van der Waals surface area contributed by atoms with Crippen molar-refractivity contribution in [2.24, 2.45) is 5.41 Å². The molecule has 70 valence electrons. The van der Waals surface area contributed by atoms with Gasteiger partial charge in [0.15, 0.2) is 0 Å². The Kier molecular flexibility index (Phi) is 2.95. The molecule has 2 fully saturated rings. The molecule has 1 spiro atoms. The SMILES string of the molecule is PCC1CCC2(CN1)CN(I)C2. The van der Waals surface area contributed by atoms with Gasteiger partial charge in [0.2, 0.25) is 0 Å². The predicted molar refractivity (Wildman–Crippen MR) is 63.6 cm³/mol. The van der Waals surface area contributed by atoms with Gasteiger partial charge in [-0.15, -0.1) is 9.24 Å². The second-order valence-corrected chi connectivity index (χ2v) is 5.97. The third-order valence-corrected chi connectivity index (χ3v) is 4.34. The topological polar surface area (TPSA) is 15.3 Å². The second-order valence-electron chi connectivity index (χ2n) is 4.13. The van der Waals surface area contributed by atoms with Gasteiger partial charge in [-0.05, 0) is 19.0 Å². The average molecular weight is 298 g/mol. The van der Waals surface area contributed by atoms with Crippen LogP contribution in [0.3, 0.4) is 0 Å². The molecule has 0 aromatic heterocycles. The van der Waals surface area contributed by atoms with Crippen LogP contribution in [0.1, 0.15) is 12.8 Å². The van der Waals surface area contributed by atoms with Gasteiger partial charge in [0.25, 0.3) is 0 Å². The Morgan fingerprint density at radius 2 is 2.33 bits per heavy atom. The molecule has 0 radical (unpaired) electrons. The molecule has 12 heavy (non-hydrogen) atoms. The van der Waals surface area contributed by atoms with Gasteiger partial charge in [-0.3, -0.25) is 0 Å². The van der Waals surface area contributed by atoms with Crippen LogP contribution in [0.2, 0.25) is 0 Å². The molecule has 2 unspecified atom stereocenters. The maximum atomic E-state index is 3.63. The molecule has 2 rings (SSSR count). The lowest BCUT2D eigenvalue weighted by atomic mass is 9.74. The Balaban J connectivity index is 1.83. The van der Waals surface area contributed by atoms with E-state index in [1.807, 2.05) is 0 Å². The van der Waals surface area contributed by atoms with Crippen molar-refractivity contribution in [2.45, 2.75) is 18.9 Å². The molecule has 0 amide bonds. The van der Waals surface area contributed by atoms with Crippen molar-refractivity contribution < 1.29 is 0 Å². The van der Waals surface area contributed by atoms with E-state index in [0.717, 1.165) is 6.04 Å². The van der Waals surface area contributed by atoms with Crippen LogP contribution in [0.15, 0.2) is 0 Å². The van der Waals surface area contributed by atoms with E-state index in [1.54, 1.807) is 0 Å². The van der Waals surface area contributed by atoms with Gasteiger partial charge in [-0.25, -0.2) is 3.11 Å². The first-order chi connectivity index (χ1) is 5.74. The van der Waals surface area contributed by atoms with Crippen LogP contribution in [-0.4, -0.2) is 35.0 Å². The van der Waals surface area contributed by atoms with Crippen molar-refractivity contribution in [3.05, 3.63) is 0 Å². The minimum Gasteiger partial charge on any atom is -0.313 e. The highest BCUT2D eigenvalue weighted by molar-refractivity contribution is 14.1. The van der Waals surface area contributed by atoms with E-state index in [0.29, 0.717) is 5.41 Å². The molecule has 2 aliphatic rings. The largest absolute Gasteiger partial charge is 0.313 e. The first-order valence-corrected chi connectivity index (χ1v) is 6.36. The lowest BCUT2D eigenvalue weighted by Crippen LogP contribution is -2.60. The third-order valence-electron chi connectivity index (χ3n) is 3.09. The molecule has 4 heteroatoms. The summed E-state index contributed by atoms with van der Waals surface area (Å²) in [7, 11) is 2.83. The van der Waals surface area contributed by atoms with Crippen molar-refractivity contribution in [3.63, 3.8) is 0 Å². The van der Waals surface area contributed by atoms with Crippen LogP contribution < -0.4 is 5.32 Å². The van der Waals surface area contributed by atoms with Gasteiger partial charge in [-0.2, -0.15) is 0 Å². The van der Waals surface area contributed by atoms with E-state index in [9.17, 15) is 0 Å². The van der Waals surface area contributed by atoms with E-state index < -0.39 is 0 Å². The van der Waals surface area contributed by atoms with Crippen LogP contribution >= 0.6 is 32.1 Å². The van der Waals surface area contributed by atoms with Gasteiger partial charge in [0.1, 0.15) is 0 Å². The van der Waals surface area contributed by atoms with Gasteiger partial charge in [0, 0.05) is 54.0 Å². The minimum atomic E-state index is 0.650. The lowest BCUT2D eigenvalue weighted by molar-refractivity contribution is 0.0541. The molecule has 0 aliphatic carbocycles. The number of hydrogen-bond donors (Lipinski definition) is 1. The number of piperidine rings is 1. The summed E-state index contributed by atoms with van der Waals surface area (Å²) in [6.07, 6.45) is 4.01. The van der Waals surface area contributed by atoms with E-state index >= 15 is 0 Å². The summed E-state index contributed by atoms with van der Waals surface area (Å²) >= 11 is 2.42. The minimum absolute atomic E-state index is 0.650. The van der Waals surface area contributed by atoms with Crippen LogP contribution in [0.5, 0.6) is 0 Å². The number of nitrogens with one attached hydrogen (secondary N) is 1. The number of halogens is 1. The smallest absolute Gasteiger partial charge is 0.0202 e. The summed E-state index contributed by atoms with van der Waals surface area (Å²) in [6, 6.07) is 0.767. The van der Waals surface area contributed by atoms with Crippen LogP contribution in [0.4, 0.5) is 0 Å². The summed E-state index contributed by atoms with van der Waals surface area (Å²) < 4.78 is 2.39. The average Bonchev–Trinajstić information content (AvgIpc) is 2.04. The van der Waals surface area contributed by atoms with Crippen molar-refractivity contribution in [1.82, 2.24) is 8.43 Å². The molecule has 0 bridgehead atoms. The van der Waals surface area contributed by atoms with E-state index in [4.69, 9.17) is 0 Å². The first-order valence-electron chi connectivity index (χ1n) is 4.58. The standard InChI is InChI=1S/C8H16IN2P/c9-11-5-8(6-11)2-1-7(3-12)10-4-8/h7,10H,1-6,12H2. The van der Waals surface area contributed by atoms with Crippen molar-refractivity contribution in [3.8, 4) is 0 Å². The van der Waals surface area contributed by atoms with Gasteiger partial charge in [-0.1, -0.05) is 0 Å². The molecule has 0 saturated carbocycles. The molecule has 0 aromatic carbocycles. The molecule has 2 atom stereocenters. The lowest BCUT2D eigenvalue weighted by Gasteiger charge is -2.51. The molecule has 2 nitrogen and oxygen atoms in total. The predicted octanol–water partition coefficient (Wildman–Crippen LogP) is 1.27. The first kappa shape index (κ1) is 9.63. The van der Waals surface area contributed by atoms with Gasteiger partial charge >= 0.3 is 0 Å². The fourth-order valence-electron chi connectivity index (χ4n) is 2.18. The Bertz CT molecular complexity index is 160. The zero-order valence-corrected chi connectivity index (χ0v) is 10.5. The molecule has 2 saturated heterocycles. The monoisotopic (exact) mass is 298 g/mol. The van der Waals surface area contributed by atoms with E-state index in [2.05, 4.69) is 40.5 Å². The van der Waals surface area contributed by atoms with Gasteiger partial charge in [0.05, 0.1) is 0 Å². The van der Waals surface area contributed by atoms with Crippen LogP contribution in [0.25, 0.3) is 0 Å². The fourth-order valence-corrected chi connectivity index (χ4v) is 4.03. The van der Waals surface area contributed by atoms with E-state index in [1.165, 1.54) is 38.6 Å². The van der Waals surface area contributed by atoms with E-state index in [-0.39, 0.29) is 0 Å². The number of rotatable bonds is 1. The highest BCUT2D eigenvalue weighted by Gasteiger charge is 2.43. The Labute approximate surface area is 90.5 Å². The number of nitrogens with zero attached hydrogens (tertiary/aromatic N) is 1. The summed E-state index contributed by atoms with van der Waals surface area (Å²) in [5.41, 5.74) is 0.650. The molecule has 1 N–H and O–H groups in total. The molecule has 2 aliphatic heterocycles. The number of hydrogen-bond acceptors (Lipinski definition) is 2. The van der Waals surface area contributed by atoms with Crippen LogP contribution in [0, 0.1) is 5.41 Å². The zero-order valence-electron chi connectivity index (χ0n) is 7.22. The highest BCUT2D eigenvalue weighted by Crippen LogP contribution is 2.39. The molecule has 0 aromatic rings. The summed E-state index contributed by atoms with van der Waals surface area (Å²) in [6.45, 7) is 3.83. The Morgan fingerprint density at radius 3 is 2.75 bits per heavy atom. The van der Waals surface area contributed by atoms with Gasteiger partial charge < -0.3 is 5.32 Å². The second kappa shape index (κ2) is 3.68.